The maximum Gasteiger partial charge on any atom is 0.257 e. The van der Waals surface area contributed by atoms with Gasteiger partial charge in [-0.3, -0.25) is 4.79 Å². The van der Waals surface area contributed by atoms with E-state index in [1.165, 1.54) is 0 Å². The molecule has 1 fully saturated rings. The minimum atomic E-state index is 0.0113. The third-order valence-corrected chi connectivity index (χ3v) is 5.65. The Morgan fingerprint density at radius 3 is 2.30 bits per heavy atom. The number of hydrogen-bond acceptors (Lipinski definition) is 4. The number of nitrogens with zero attached hydrogens (tertiary/aromatic N) is 3. The van der Waals surface area contributed by atoms with E-state index in [-0.39, 0.29) is 12.0 Å². The van der Waals surface area contributed by atoms with Crippen molar-refractivity contribution in [2.45, 2.75) is 25.9 Å². The normalized spacial score (nSPS) is 14.6. The van der Waals surface area contributed by atoms with Crippen molar-refractivity contribution in [2.24, 2.45) is 0 Å². The number of hydrogen-bond donors (Lipinski definition) is 0. The molecule has 156 valence electrons. The molecule has 1 aliphatic rings. The molecule has 0 unspecified atom stereocenters. The highest BCUT2D eigenvalue weighted by atomic mass is 35.5. The monoisotopic (exact) mass is 425 g/mol. The summed E-state index contributed by atoms with van der Waals surface area (Å²) in [4.78, 5) is 14.9. The molecule has 1 aliphatic heterocycles. The van der Waals surface area contributed by atoms with Gasteiger partial charge in [0.1, 0.15) is 17.6 Å². The summed E-state index contributed by atoms with van der Waals surface area (Å²) in [7, 11) is 1.63. The van der Waals surface area contributed by atoms with Crippen LogP contribution in [0.1, 0.15) is 28.9 Å². The third-order valence-electron chi connectivity index (χ3n) is 5.40. The van der Waals surface area contributed by atoms with Gasteiger partial charge in [0.25, 0.3) is 5.91 Å². The molecular weight excluding hydrogens is 402 g/mol. The molecule has 7 heteroatoms. The molecular formula is C23H24ClN3O3. The molecule has 3 aromatic rings. The average Bonchev–Trinajstić information content (AvgIpc) is 3.16. The molecule has 1 saturated heterocycles. The van der Waals surface area contributed by atoms with Crippen molar-refractivity contribution in [3.63, 3.8) is 0 Å². The molecule has 30 heavy (non-hydrogen) atoms. The Kier molecular flexibility index (Phi) is 5.95. The largest absolute Gasteiger partial charge is 0.497 e. The van der Waals surface area contributed by atoms with Crippen molar-refractivity contribution in [2.75, 3.05) is 20.2 Å². The van der Waals surface area contributed by atoms with Crippen molar-refractivity contribution in [1.82, 2.24) is 14.7 Å². The number of carbonyl (C=O) groups is 1. The van der Waals surface area contributed by atoms with Crippen LogP contribution in [0.25, 0.3) is 5.69 Å². The molecule has 2 aromatic carbocycles. The fourth-order valence-corrected chi connectivity index (χ4v) is 3.78. The van der Waals surface area contributed by atoms with E-state index in [2.05, 4.69) is 5.10 Å². The first-order valence-corrected chi connectivity index (χ1v) is 10.3. The fourth-order valence-electron chi connectivity index (χ4n) is 3.66. The van der Waals surface area contributed by atoms with Crippen LogP contribution in [-0.2, 0) is 0 Å². The number of rotatable bonds is 5. The molecule has 0 bridgehead atoms. The van der Waals surface area contributed by atoms with E-state index >= 15 is 0 Å². The van der Waals surface area contributed by atoms with Gasteiger partial charge < -0.3 is 14.4 Å². The quantitative estimate of drug-likeness (QED) is 0.602. The van der Waals surface area contributed by atoms with Crippen LogP contribution in [0, 0.1) is 6.92 Å². The highest BCUT2D eigenvalue weighted by Gasteiger charge is 2.27. The number of ether oxygens (including phenoxy) is 2. The first kappa shape index (κ1) is 20.3. The standard InChI is InChI=1S/C23H24ClN3O3/c1-16-22(15-25-27(16)18-5-9-19(29-2)10-6-18)23(28)26-13-11-21(12-14-26)30-20-7-3-17(24)4-8-20/h3-10,15,21H,11-14H2,1-2H3. The lowest BCUT2D eigenvalue weighted by atomic mass is 10.1. The number of carbonyl (C=O) groups excluding carboxylic acids is 1. The maximum absolute atomic E-state index is 13.1. The smallest absolute Gasteiger partial charge is 0.257 e. The molecule has 0 N–H and O–H groups in total. The zero-order chi connectivity index (χ0) is 21.1. The van der Waals surface area contributed by atoms with E-state index in [1.807, 2.05) is 60.4 Å². The molecule has 1 amide bonds. The number of likely N-dealkylation sites (tertiary alicyclic amines) is 1. The van der Waals surface area contributed by atoms with Crippen LogP contribution in [0.3, 0.4) is 0 Å². The number of amides is 1. The molecule has 0 saturated carbocycles. The summed E-state index contributed by atoms with van der Waals surface area (Å²) in [5, 5.41) is 5.12. The van der Waals surface area contributed by atoms with Crippen molar-refractivity contribution < 1.29 is 14.3 Å². The predicted octanol–water partition coefficient (Wildman–Crippen LogP) is 4.53. The lowest BCUT2D eigenvalue weighted by Gasteiger charge is -2.32. The van der Waals surface area contributed by atoms with Crippen LogP contribution in [0.4, 0.5) is 0 Å². The molecule has 0 aliphatic carbocycles. The lowest BCUT2D eigenvalue weighted by Crippen LogP contribution is -2.41. The Bertz CT molecular complexity index is 1010. The van der Waals surface area contributed by atoms with Gasteiger partial charge >= 0.3 is 0 Å². The van der Waals surface area contributed by atoms with Gasteiger partial charge in [-0.2, -0.15) is 5.10 Å². The summed E-state index contributed by atoms with van der Waals surface area (Å²) >= 11 is 5.92. The minimum absolute atomic E-state index is 0.0113. The number of methoxy groups -OCH3 is 1. The van der Waals surface area contributed by atoms with E-state index < -0.39 is 0 Å². The number of benzene rings is 2. The van der Waals surface area contributed by atoms with Crippen LogP contribution < -0.4 is 9.47 Å². The van der Waals surface area contributed by atoms with Gasteiger partial charge in [0, 0.05) is 31.0 Å². The molecule has 0 atom stereocenters. The van der Waals surface area contributed by atoms with E-state index in [1.54, 1.807) is 18.0 Å². The van der Waals surface area contributed by atoms with Crippen LogP contribution in [0.5, 0.6) is 11.5 Å². The Morgan fingerprint density at radius 1 is 1.03 bits per heavy atom. The first-order chi connectivity index (χ1) is 14.5. The van der Waals surface area contributed by atoms with Gasteiger partial charge in [-0.15, -0.1) is 0 Å². The summed E-state index contributed by atoms with van der Waals surface area (Å²) in [5.74, 6) is 1.60. The summed E-state index contributed by atoms with van der Waals surface area (Å²) in [6.45, 7) is 3.23. The maximum atomic E-state index is 13.1. The fraction of sp³-hybridized carbons (Fsp3) is 0.304. The van der Waals surface area contributed by atoms with E-state index in [0.717, 1.165) is 35.7 Å². The second kappa shape index (κ2) is 8.79. The lowest BCUT2D eigenvalue weighted by molar-refractivity contribution is 0.0595. The van der Waals surface area contributed by atoms with Gasteiger partial charge in [0.05, 0.1) is 30.3 Å². The van der Waals surface area contributed by atoms with Crippen molar-refractivity contribution in [3.8, 4) is 17.2 Å². The van der Waals surface area contributed by atoms with E-state index in [0.29, 0.717) is 23.7 Å². The Labute approximate surface area is 181 Å². The van der Waals surface area contributed by atoms with Crippen molar-refractivity contribution >= 4 is 17.5 Å². The Hall–Kier alpha value is -2.99. The minimum Gasteiger partial charge on any atom is -0.497 e. The van der Waals surface area contributed by atoms with Crippen molar-refractivity contribution in [1.29, 1.82) is 0 Å². The van der Waals surface area contributed by atoms with Gasteiger partial charge in [-0.25, -0.2) is 4.68 Å². The summed E-state index contributed by atoms with van der Waals surface area (Å²) in [6, 6.07) is 15.0. The highest BCUT2D eigenvalue weighted by molar-refractivity contribution is 6.30. The van der Waals surface area contributed by atoms with Gasteiger partial charge in [-0.05, 0) is 55.5 Å². The summed E-state index contributed by atoms with van der Waals surface area (Å²) < 4.78 is 13.0. The van der Waals surface area contributed by atoms with Gasteiger partial charge in [0.15, 0.2) is 0 Å². The van der Waals surface area contributed by atoms with Crippen molar-refractivity contribution in [3.05, 3.63) is 71.0 Å². The van der Waals surface area contributed by atoms with Crippen LogP contribution in [0.15, 0.2) is 54.7 Å². The second-order valence-electron chi connectivity index (χ2n) is 7.32. The van der Waals surface area contributed by atoms with Crippen LogP contribution in [-0.4, -0.2) is 46.9 Å². The Morgan fingerprint density at radius 2 is 1.67 bits per heavy atom. The van der Waals surface area contributed by atoms with Gasteiger partial charge in [-0.1, -0.05) is 11.6 Å². The molecule has 4 rings (SSSR count). The second-order valence-corrected chi connectivity index (χ2v) is 7.75. The Balaban J connectivity index is 1.39. The number of aromatic nitrogens is 2. The average molecular weight is 426 g/mol. The molecule has 0 radical (unpaired) electrons. The van der Waals surface area contributed by atoms with Crippen LogP contribution in [0.2, 0.25) is 5.02 Å². The zero-order valence-corrected chi connectivity index (χ0v) is 17.8. The molecule has 0 spiro atoms. The summed E-state index contributed by atoms with van der Waals surface area (Å²) in [5.41, 5.74) is 2.34. The topological polar surface area (TPSA) is 56.6 Å². The number of halogens is 1. The van der Waals surface area contributed by atoms with Gasteiger partial charge in [0.2, 0.25) is 0 Å². The highest BCUT2D eigenvalue weighted by Crippen LogP contribution is 2.23. The molecule has 2 heterocycles. The third kappa shape index (κ3) is 4.28. The molecule has 6 nitrogen and oxygen atoms in total. The van der Waals surface area contributed by atoms with Crippen LogP contribution >= 0.6 is 11.6 Å². The van der Waals surface area contributed by atoms with E-state index in [9.17, 15) is 4.79 Å². The predicted molar refractivity (Wildman–Crippen MR) is 116 cm³/mol. The SMILES string of the molecule is COc1ccc(-n2ncc(C(=O)N3CCC(Oc4ccc(Cl)cc4)CC3)c2C)cc1. The zero-order valence-electron chi connectivity index (χ0n) is 17.0. The summed E-state index contributed by atoms with van der Waals surface area (Å²) in [6.07, 6.45) is 3.33. The first-order valence-electron chi connectivity index (χ1n) is 9.95. The molecule has 1 aromatic heterocycles. The number of piperidine rings is 1. The van der Waals surface area contributed by atoms with E-state index in [4.69, 9.17) is 21.1 Å².